The maximum Gasteiger partial charge on any atom is 0.298 e. The number of ether oxygens (including phenoxy) is 1. The minimum Gasteiger partial charge on any atom is -0.429 e. The van der Waals surface area contributed by atoms with Crippen LogP contribution in [0.4, 0.5) is 5.69 Å². The fraction of sp³-hybridized carbons (Fsp3) is 0.125. The highest BCUT2D eigenvalue weighted by Gasteiger charge is 1.92. The molecule has 0 amide bonds. The molecule has 0 aliphatic rings. The van der Waals surface area contributed by atoms with Crippen molar-refractivity contribution in [2.75, 3.05) is 12.4 Å². The lowest BCUT2D eigenvalue weighted by molar-refractivity contribution is -0.120. The molecule has 0 saturated carbocycles. The van der Waals surface area contributed by atoms with E-state index in [1.165, 1.54) is 0 Å². The van der Waals surface area contributed by atoms with Crippen LogP contribution in [0.15, 0.2) is 24.3 Å². The zero-order valence-corrected chi connectivity index (χ0v) is 6.20. The topological polar surface area (TPSA) is 38.3 Å². The molecule has 1 aromatic carbocycles. The van der Waals surface area contributed by atoms with Gasteiger partial charge in [-0.25, -0.2) is 0 Å². The Hall–Kier alpha value is -1.51. The van der Waals surface area contributed by atoms with E-state index in [4.69, 9.17) is 0 Å². The Morgan fingerprint density at radius 3 is 3.00 bits per heavy atom. The normalized spacial score (nSPS) is 8.82. The average molecular weight is 151 g/mol. The van der Waals surface area contributed by atoms with Crippen molar-refractivity contribution in [3.05, 3.63) is 24.3 Å². The first-order valence-electron chi connectivity index (χ1n) is 3.25. The highest BCUT2D eigenvalue weighted by atomic mass is 16.5. The third-order valence-corrected chi connectivity index (χ3v) is 1.31. The molecule has 58 valence electrons. The van der Waals surface area contributed by atoms with Crippen LogP contribution in [-0.4, -0.2) is 13.5 Å². The van der Waals surface area contributed by atoms with Crippen LogP contribution in [0, 0.1) is 0 Å². The molecule has 0 aromatic heterocycles. The Morgan fingerprint density at radius 2 is 2.36 bits per heavy atom. The molecular formula is C8H9NO2. The SMILES string of the molecule is CNc1cccc(OC=O)c1. The molecule has 0 atom stereocenters. The molecule has 0 unspecified atom stereocenters. The third-order valence-electron chi connectivity index (χ3n) is 1.31. The molecule has 0 spiro atoms. The molecule has 1 aromatic rings. The van der Waals surface area contributed by atoms with Crippen molar-refractivity contribution in [3.63, 3.8) is 0 Å². The Morgan fingerprint density at radius 1 is 1.55 bits per heavy atom. The summed E-state index contributed by atoms with van der Waals surface area (Å²) in [7, 11) is 1.81. The second kappa shape index (κ2) is 3.61. The summed E-state index contributed by atoms with van der Waals surface area (Å²) in [4.78, 5) is 9.93. The van der Waals surface area contributed by atoms with E-state index in [9.17, 15) is 4.79 Å². The lowest BCUT2D eigenvalue weighted by atomic mass is 10.3. The number of anilines is 1. The largest absolute Gasteiger partial charge is 0.429 e. The summed E-state index contributed by atoms with van der Waals surface area (Å²) in [6.45, 7) is 0.411. The molecule has 0 aliphatic heterocycles. The van der Waals surface area contributed by atoms with Crippen molar-refractivity contribution in [2.45, 2.75) is 0 Å². The number of benzene rings is 1. The number of rotatable bonds is 3. The van der Waals surface area contributed by atoms with Crippen LogP contribution in [0.1, 0.15) is 0 Å². The first kappa shape index (κ1) is 7.60. The third kappa shape index (κ3) is 1.97. The van der Waals surface area contributed by atoms with Crippen LogP contribution in [0.25, 0.3) is 0 Å². The fourth-order valence-corrected chi connectivity index (χ4v) is 0.780. The van der Waals surface area contributed by atoms with E-state index in [-0.39, 0.29) is 0 Å². The van der Waals surface area contributed by atoms with Crippen LogP contribution in [0.5, 0.6) is 5.75 Å². The first-order valence-corrected chi connectivity index (χ1v) is 3.25. The molecule has 3 heteroatoms. The average Bonchev–Trinajstić information content (AvgIpc) is 2.06. The minimum absolute atomic E-state index is 0.411. The second-order valence-corrected chi connectivity index (χ2v) is 1.99. The van der Waals surface area contributed by atoms with Gasteiger partial charge in [0.05, 0.1) is 0 Å². The fourth-order valence-electron chi connectivity index (χ4n) is 0.780. The predicted octanol–water partition coefficient (Wildman–Crippen LogP) is 1.26. The van der Waals surface area contributed by atoms with Gasteiger partial charge < -0.3 is 10.1 Å². The van der Waals surface area contributed by atoms with E-state index in [0.29, 0.717) is 12.2 Å². The van der Waals surface area contributed by atoms with Gasteiger partial charge in [0.2, 0.25) is 0 Å². The van der Waals surface area contributed by atoms with E-state index < -0.39 is 0 Å². The van der Waals surface area contributed by atoms with Gasteiger partial charge >= 0.3 is 0 Å². The van der Waals surface area contributed by atoms with E-state index in [2.05, 4.69) is 10.1 Å². The van der Waals surface area contributed by atoms with Crippen molar-refractivity contribution < 1.29 is 9.53 Å². The minimum atomic E-state index is 0.411. The Kier molecular flexibility index (Phi) is 2.49. The number of hydrogen-bond acceptors (Lipinski definition) is 3. The first-order chi connectivity index (χ1) is 5.36. The van der Waals surface area contributed by atoms with Gasteiger partial charge in [0.1, 0.15) is 5.75 Å². The molecule has 0 bridgehead atoms. The zero-order chi connectivity index (χ0) is 8.10. The van der Waals surface area contributed by atoms with Gasteiger partial charge in [-0.3, -0.25) is 4.79 Å². The molecule has 0 radical (unpaired) electrons. The highest BCUT2D eigenvalue weighted by Crippen LogP contribution is 2.15. The van der Waals surface area contributed by atoms with Crippen LogP contribution >= 0.6 is 0 Å². The van der Waals surface area contributed by atoms with Gasteiger partial charge in [-0.2, -0.15) is 0 Å². The lowest BCUT2D eigenvalue weighted by Crippen LogP contribution is -1.91. The van der Waals surface area contributed by atoms with Crippen molar-refractivity contribution >= 4 is 12.2 Å². The van der Waals surface area contributed by atoms with E-state index in [0.717, 1.165) is 5.69 Å². The van der Waals surface area contributed by atoms with Gasteiger partial charge in [-0.1, -0.05) is 6.07 Å². The molecular weight excluding hydrogens is 142 g/mol. The van der Waals surface area contributed by atoms with Crippen LogP contribution in [0.2, 0.25) is 0 Å². The summed E-state index contributed by atoms with van der Waals surface area (Å²) in [5.41, 5.74) is 0.921. The molecule has 0 heterocycles. The van der Waals surface area contributed by atoms with Crippen LogP contribution in [-0.2, 0) is 4.79 Å². The summed E-state index contributed by atoms with van der Waals surface area (Å²) in [6, 6.07) is 7.16. The Bertz CT molecular complexity index is 248. The van der Waals surface area contributed by atoms with E-state index in [1.54, 1.807) is 19.2 Å². The van der Waals surface area contributed by atoms with Gasteiger partial charge in [0.15, 0.2) is 0 Å². The maximum absolute atomic E-state index is 9.93. The predicted molar refractivity (Wildman–Crippen MR) is 42.7 cm³/mol. The molecule has 0 saturated heterocycles. The molecule has 1 rings (SSSR count). The van der Waals surface area contributed by atoms with Crippen molar-refractivity contribution in [2.24, 2.45) is 0 Å². The van der Waals surface area contributed by atoms with Crippen molar-refractivity contribution in [3.8, 4) is 5.75 Å². The number of nitrogens with one attached hydrogen (secondary N) is 1. The van der Waals surface area contributed by atoms with Gasteiger partial charge in [-0.05, 0) is 12.1 Å². The summed E-state index contributed by atoms with van der Waals surface area (Å²) < 4.78 is 4.63. The number of carbonyl (C=O) groups excluding carboxylic acids is 1. The standard InChI is InChI=1S/C8H9NO2/c1-9-7-3-2-4-8(5-7)11-6-10/h2-6,9H,1H3. The van der Waals surface area contributed by atoms with E-state index in [1.807, 2.05) is 12.1 Å². The van der Waals surface area contributed by atoms with Crippen LogP contribution < -0.4 is 10.1 Å². The van der Waals surface area contributed by atoms with Crippen molar-refractivity contribution in [1.29, 1.82) is 0 Å². The van der Waals surface area contributed by atoms with Gasteiger partial charge in [0, 0.05) is 18.8 Å². The maximum atomic E-state index is 9.93. The monoisotopic (exact) mass is 151 g/mol. The highest BCUT2D eigenvalue weighted by molar-refractivity contribution is 5.52. The molecule has 1 N–H and O–H groups in total. The second-order valence-electron chi connectivity index (χ2n) is 1.99. The number of hydrogen-bond donors (Lipinski definition) is 1. The molecule has 0 fully saturated rings. The summed E-state index contributed by atoms with van der Waals surface area (Å²) >= 11 is 0. The quantitative estimate of drug-likeness (QED) is 0.661. The molecule has 3 nitrogen and oxygen atoms in total. The Balaban J connectivity index is 2.82. The van der Waals surface area contributed by atoms with Crippen LogP contribution in [0.3, 0.4) is 0 Å². The van der Waals surface area contributed by atoms with Crippen molar-refractivity contribution in [1.82, 2.24) is 0 Å². The van der Waals surface area contributed by atoms with E-state index >= 15 is 0 Å². The smallest absolute Gasteiger partial charge is 0.298 e. The summed E-state index contributed by atoms with van der Waals surface area (Å²) in [5.74, 6) is 0.548. The lowest BCUT2D eigenvalue weighted by Gasteiger charge is -2.00. The molecule has 0 aliphatic carbocycles. The Labute approximate surface area is 65.0 Å². The number of carbonyl (C=O) groups is 1. The zero-order valence-electron chi connectivity index (χ0n) is 6.20. The van der Waals surface area contributed by atoms with Gasteiger partial charge in [-0.15, -0.1) is 0 Å². The summed E-state index contributed by atoms with van der Waals surface area (Å²) in [5, 5.41) is 2.93. The summed E-state index contributed by atoms with van der Waals surface area (Å²) in [6.07, 6.45) is 0. The van der Waals surface area contributed by atoms with Gasteiger partial charge in [0.25, 0.3) is 6.47 Å². The molecule has 11 heavy (non-hydrogen) atoms.